The van der Waals surface area contributed by atoms with Crippen LogP contribution in [0.4, 0.5) is 16.4 Å². The second-order valence-corrected chi connectivity index (χ2v) is 3.37. The molecule has 0 bridgehead atoms. The first-order valence-electron chi connectivity index (χ1n) is 5.04. The van der Waals surface area contributed by atoms with Crippen molar-refractivity contribution in [2.75, 3.05) is 10.6 Å². The molecule has 3 amide bonds. The molecule has 0 aliphatic heterocycles. The lowest BCUT2D eigenvalue weighted by atomic mass is 10.1. The number of nitrogens with two attached hydrogens (primary N) is 1. The number of aromatic nitrogens is 1. The van der Waals surface area contributed by atoms with E-state index in [1.165, 1.54) is 18.3 Å². The Morgan fingerprint density at radius 1 is 1.17 bits per heavy atom. The van der Waals surface area contributed by atoms with Gasteiger partial charge < -0.3 is 15.6 Å². The van der Waals surface area contributed by atoms with Crippen molar-refractivity contribution >= 4 is 23.5 Å². The summed E-state index contributed by atoms with van der Waals surface area (Å²) in [6, 6.07) is 7.35. The Balaban J connectivity index is 2.09. The van der Waals surface area contributed by atoms with Crippen LogP contribution in [0.2, 0.25) is 0 Å². The van der Waals surface area contributed by atoms with Gasteiger partial charge in [0.1, 0.15) is 0 Å². The SMILES string of the molecule is NC(=O)c1ccccc1NC(=O)Nc1ccno1. The Kier molecular flexibility index (Phi) is 3.24. The van der Waals surface area contributed by atoms with Gasteiger partial charge in [0.15, 0.2) is 0 Å². The summed E-state index contributed by atoms with van der Waals surface area (Å²) in [7, 11) is 0. The minimum absolute atomic E-state index is 0.198. The normalized spacial score (nSPS) is 9.78. The third kappa shape index (κ3) is 2.64. The van der Waals surface area contributed by atoms with Crippen molar-refractivity contribution in [2.45, 2.75) is 0 Å². The lowest BCUT2D eigenvalue weighted by Crippen LogP contribution is -2.22. The summed E-state index contributed by atoms with van der Waals surface area (Å²) < 4.78 is 4.71. The smallest absolute Gasteiger partial charge is 0.326 e. The first-order valence-corrected chi connectivity index (χ1v) is 5.04. The molecule has 1 aromatic carbocycles. The molecular formula is C11H10N4O3. The standard InChI is InChI=1S/C11H10N4O3/c12-10(16)7-3-1-2-4-8(7)14-11(17)15-9-5-6-13-18-9/h1-6H,(H2,12,16)(H2,14,15,17). The van der Waals surface area contributed by atoms with Gasteiger partial charge in [0, 0.05) is 6.07 Å². The Morgan fingerprint density at radius 3 is 2.61 bits per heavy atom. The molecule has 4 N–H and O–H groups in total. The van der Waals surface area contributed by atoms with Gasteiger partial charge in [-0.05, 0) is 12.1 Å². The zero-order chi connectivity index (χ0) is 13.0. The zero-order valence-electron chi connectivity index (χ0n) is 9.21. The molecular weight excluding hydrogens is 236 g/mol. The van der Waals surface area contributed by atoms with Gasteiger partial charge in [-0.3, -0.25) is 10.1 Å². The fourth-order valence-electron chi connectivity index (χ4n) is 1.35. The molecule has 7 nitrogen and oxygen atoms in total. The Bertz CT molecular complexity index is 565. The largest absolute Gasteiger partial charge is 0.366 e. The first kappa shape index (κ1) is 11.6. The third-order valence-corrected chi connectivity index (χ3v) is 2.12. The summed E-state index contributed by atoms with van der Waals surface area (Å²) in [5.74, 6) is -0.422. The van der Waals surface area contributed by atoms with Crippen molar-refractivity contribution < 1.29 is 14.1 Å². The quantitative estimate of drug-likeness (QED) is 0.760. The summed E-state index contributed by atoms with van der Waals surface area (Å²) in [5, 5.41) is 8.33. The summed E-state index contributed by atoms with van der Waals surface area (Å²) >= 11 is 0. The predicted octanol–water partition coefficient (Wildman–Crippen LogP) is 1.42. The third-order valence-electron chi connectivity index (χ3n) is 2.12. The van der Waals surface area contributed by atoms with Gasteiger partial charge >= 0.3 is 6.03 Å². The number of nitrogens with one attached hydrogen (secondary N) is 2. The number of hydrogen-bond acceptors (Lipinski definition) is 4. The van der Waals surface area contributed by atoms with Gasteiger partial charge in [0.25, 0.3) is 5.91 Å². The van der Waals surface area contributed by atoms with Crippen LogP contribution in [-0.2, 0) is 0 Å². The number of carbonyl (C=O) groups excluding carboxylic acids is 2. The Labute approximate surface area is 102 Å². The van der Waals surface area contributed by atoms with Gasteiger partial charge in [0.05, 0.1) is 17.4 Å². The zero-order valence-corrected chi connectivity index (χ0v) is 9.21. The maximum Gasteiger partial charge on any atom is 0.326 e. The number of rotatable bonds is 3. The lowest BCUT2D eigenvalue weighted by Gasteiger charge is -2.08. The van der Waals surface area contributed by atoms with Crippen LogP contribution in [0.5, 0.6) is 0 Å². The molecule has 0 aliphatic rings. The maximum absolute atomic E-state index is 11.6. The molecule has 2 aromatic rings. The van der Waals surface area contributed by atoms with Crippen LogP contribution in [-0.4, -0.2) is 17.1 Å². The van der Waals surface area contributed by atoms with E-state index in [0.717, 1.165) is 0 Å². The van der Waals surface area contributed by atoms with E-state index in [2.05, 4.69) is 15.8 Å². The predicted molar refractivity (Wildman–Crippen MR) is 64.1 cm³/mol. The molecule has 2 rings (SSSR count). The highest BCUT2D eigenvalue weighted by Gasteiger charge is 2.10. The molecule has 0 radical (unpaired) electrons. The van der Waals surface area contributed by atoms with Crippen LogP contribution in [0, 0.1) is 0 Å². The number of primary amides is 1. The van der Waals surface area contributed by atoms with Crippen molar-refractivity contribution in [2.24, 2.45) is 5.73 Å². The number of para-hydroxylation sites is 1. The number of carbonyl (C=O) groups is 2. The van der Waals surface area contributed by atoms with Crippen LogP contribution in [0.15, 0.2) is 41.1 Å². The summed E-state index contributed by atoms with van der Waals surface area (Å²) in [5.41, 5.74) is 5.74. The molecule has 0 unspecified atom stereocenters. The van der Waals surface area contributed by atoms with E-state index in [1.807, 2.05) is 0 Å². The van der Waals surface area contributed by atoms with E-state index >= 15 is 0 Å². The first-order chi connectivity index (χ1) is 8.66. The molecule has 0 atom stereocenters. The van der Waals surface area contributed by atoms with Crippen molar-refractivity contribution in [1.29, 1.82) is 0 Å². The fourth-order valence-corrected chi connectivity index (χ4v) is 1.35. The molecule has 18 heavy (non-hydrogen) atoms. The van der Waals surface area contributed by atoms with Crippen LogP contribution in [0.25, 0.3) is 0 Å². The van der Waals surface area contributed by atoms with Crippen molar-refractivity contribution in [3.05, 3.63) is 42.1 Å². The van der Waals surface area contributed by atoms with E-state index in [9.17, 15) is 9.59 Å². The van der Waals surface area contributed by atoms with Gasteiger partial charge in [-0.1, -0.05) is 17.3 Å². The average Bonchev–Trinajstić information content (AvgIpc) is 2.82. The number of hydrogen-bond donors (Lipinski definition) is 3. The van der Waals surface area contributed by atoms with E-state index in [-0.39, 0.29) is 11.4 Å². The van der Waals surface area contributed by atoms with Crippen LogP contribution in [0.1, 0.15) is 10.4 Å². The lowest BCUT2D eigenvalue weighted by molar-refractivity contribution is 0.100. The van der Waals surface area contributed by atoms with Crippen LogP contribution < -0.4 is 16.4 Å². The molecule has 0 saturated heterocycles. The molecule has 7 heteroatoms. The van der Waals surface area contributed by atoms with Gasteiger partial charge in [0.2, 0.25) is 5.88 Å². The van der Waals surface area contributed by atoms with Crippen molar-refractivity contribution in [3.8, 4) is 0 Å². The van der Waals surface area contributed by atoms with E-state index in [0.29, 0.717) is 5.69 Å². The molecule has 0 spiro atoms. The molecule has 92 valence electrons. The molecule has 1 heterocycles. The maximum atomic E-state index is 11.6. The van der Waals surface area contributed by atoms with E-state index < -0.39 is 11.9 Å². The van der Waals surface area contributed by atoms with E-state index in [4.69, 9.17) is 10.3 Å². The molecule has 0 aliphatic carbocycles. The van der Waals surface area contributed by atoms with Gasteiger partial charge in [-0.25, -0.2) is 4.79 Å². The Hall–Kier alpha value is -2.83. The van der Waals surface area contributed by atoms with Crippen LogP contribution in [0.3, 0.4) is 0 Å². The number of benzene rings is 1. The number of urea groups is 1. The number of amides is 3. The topological polar surface area (TPSA) is 110 Å². The minimum Gasteiger partial charge on any atom is -0.366 e. The highest BCUT2D eigenvalue weighted by atomic mass is 16.5. The van der Waals surface area contributed by atoms with Crippen molar-refractivity contribution in [1.82, 2.24) is 5.16 Å². The van der Waals surface area contributed by atoms with Crippen LogP contribution >= 0.6 is 0 Å². The van der Waals surface area contributed by atoms with E-state index in [1.54, 1.807) is 18.2 Å². The highest BCUT2D eigenvalue weighted by molar-refractivity contribution is 6.05. The molecule has 0 fully saturated rings. The monoisotopic (exact) mass is 246 g/mol. The average molecular weight is 246 g/mol. The summed E-state index contributed by atoms with van der Waals surface area (Å²) in [4.78, 5) is 22.7. The highest BCUT2D eigenvalue weighted by Crippen LogP contribution is 2.14. The summed E-state index contributed by atoms with van der Waals surface area (Å²) in [6.45, 7) is 0. The van der Waals surface area contributed by atoms with Gasteiger partial charge in [-0.2, -0.15) is 0 Å². The minimum atomic E-state index is -0.620. The second kappa shape index (κ2) is 5.00. The second-order valence-electron chi connectivity index (χ2n) is 3.37. The number of nitrogens with zero attached hydrogens (tertiary/aromatic N) is 1. The fraction of sp³-hybridized carbons (Fsp3) is 0. The van der Waals surface area contributed by atoms with Gasteiger partial charge in [-0.15, -0.1) is 0 Å². The Morgan fingerprint density at radius 2 is 1.94 bits per heavy atom. The van der Waals surface area contributed by atoms with Crippen molar-refractivity contribution in [3.63, 3.8) is 0 Å². The number of anilines is 2. The molecule has 1 aromatic heterocycles. The summed E-state index contributed by atoms with van der Waals surface area (Å²) in [6.07, 6.45) is 1.40. The molecule has 0 saturated carbocycles.